The molecule has 1 saturated carbocycles. The van der Waals surface area contributed by atoms with Gasteiger partial charge in [0.2, 0.25) is 0 Å². The quantitative estimate of drug-likeness (QED) is 0.641. The largest absolute Gasteiger partial charge is 0.324 e. The molecular weight excluding hydrogens is 282 g/mol. The lowest BCUT2D eigenvalue weighted by Crippen LogP contribution is -2.26. The van der Waals surface area contributed by atoms with Crippen LogP contribution in [0, 0.1) is 29.2 Å². The van der Waals surface area contributed by atoms with Crippen molar-refractivity contribution < 1.29 is 17.6 Å². The van der Waals surface area contributed by atoms with E-state index < -0.39 is 34.9 Å². The minimum Gasteiger partial charge on any atom is -0.324 e. The van der Waals surface area contributed by atoms with E-state index in [1.807, 2.05) is 0 Å². The van der Waals surface area contributed by atoms with Crippen LogP contribution in [-0.2, 0) is 0 Å². The molecule has 1 nitrogen and oxygen atoms in total. The van der Waals surface area contributed by atoms with Gasteiger partial charge in [0.15, 0.2) is 23.3 Å². The van der Waals surface area contributed by atoms with Crippen LogP contribution in [0.15, 0.2) is 6.07 Å². The number of rotatable bonds is 2. The lowest BCUT2D eigenvalue weighted by atomic mass is 9.81. The van der Waals surface area contributed by atoms with Crippen LogP contribution in [0.3, 0.4) is 0 Å². The summed E-state index contributed by atoms with van der Waals surface area (Å²) in [7, 11) is 0. The Kier molecular flexibility index (Phi) is 5.62. The summed E-state index contributed by atoms with van der Waals surface area (Å²) >= 11 is 0. The van der Waals surface area contributed by atoms with Crippen LogP contribution < -0.4 is 5.73 Å². The maximum atomic E-state index is 13.6. The van der Waals surface area contributed by atoms with Crippen molar-refractivity contribution in [1.82, 2.24) is 0 Å². The van der Waals surface area contributed by atoms with E-state index in [0.717, 1.165) is 32.1 Å². The molecule has 0 radical (unpaired) electrons. The van der Waals surface area contributed by atoms with E-state index in [-0.39, 0.29) is 24.4 Å². The van der Waals surface area contributed by atoms with Crippen LogP contribution in [0.2, 0.25) is 0 Å². The summed E-state index contributed by atoms with van der Waals surface area (Å²) in [6.07, 6.45) is 4.39. The van der Waals surface area contributed by atoms with E-state index in [9.17, 15) is 17.6 Å². The number of benzene rings is 1. The molecule has 1 fully saturated rings. The second-order valence-corrected chi connectivity index (χ2v) is 4.81. The predicted molar refractivity (Wildman–Crippen MR) is 67.0 cm³/mol. The highest BCUT2D eigenvalue weighted by Gasteiger charge is 2.29. The molecule has 1 aromatic rings. The Hall–Kier alpha value is -0.810. The van der Waals surface area contributed by atoms with Crippen LogP contribution in [0.5, 0.6) is 0 Å². The van der Waals surface area contributed by atoms with Gasteiger partial charge in [-0.15, -0.1) is 12.4 Å². The summed E-state index contributed by atoms with van der Waals surface area (Å²) in [5, 5.41) is 0. The van der Waals surface area contributed by atoms with E-state index in [1.54, 1.807) is 0 Å². The highest BCUT2D eigenvalue weighted by molar-refractivity contribution is 5.85. The van der Waals surface area contributed by atoms with Crippen molar-refractivity contribution in [3.8, 4) is 0 Å². The standard InChI is InChI=1S/C13H15F4N.ClH/c14-8-6-9(15)12(17)10(11(8)16)13(18)7-4-2-1-3-5-7;/h6-7,13H,1-5,18H2;1H/t13-;/m1./s1. The fourth-order valence-electron chi connectivity index (χ4n) is 2.61. The van der Waals surface area contributed by atoms with Crippen LogP contribution in [0.1, 0.15) is 43.7 Å². The topological polar surface area (TPSA) is 26.0 Å². The Morgan fingerprint density at radius 3 is 1.89 bits per heavy atom. The van der Waals surface area contributed by atoms with Gasteiger partial charge in [0.05, 0.1) is 0 Å². The fraction of sp³-hybridized carbons (Fsp3) is 0.538. The summed E-state index contributed by atoms with van der Waals surface area (Å²) in [4.78, 5) is 0. The molecule has 0 aromatic heterocycles. The van der Waals surface area contributed by atoms with E-state index in [0.29, 0.717) is 0 Å². The van der Waals surface area contributed by atoms with Crippen LogP contribution in [-0.4, -0.2) is 0 Å². The minimum atomic E-state index is -1.39. The summed E-state index contributed by atoms with van der Waals surface area (Å²) in [5.74, 6) is -5.65. The molecule has 0 amide bonds. The zero-order valence-electron chi connectivity index (χ0n) is 10.3. The zero-order chi connectivity index (χ0) is 13.3. The van der Waals surface area contributed by atoms with Gasteiger partial charge in [0.25, 0.3) is 0 Å². The first-order valence-corrected chi connectivity index (χ1v) is 6.11. The van der Waals surface area contributed by atoms with Crippen molar-refractivity contribution in [3.05, 3.63) is 34.9 Å². The number of nitrogens with two attached hydrogens (primary N) is 1. The van der Waals surface area contributed by atoms with Crippen molar-refractivity contribution in [2.24, 2.45) is 11.7 Å². The lowest BCUT2D eigenvalue weighted by Gasteiger charge is -2.28. The first-order valence-electron chi connectivity index (χ1n) is 6.11. The van der Waals surface area contributed by atoms with Gasteiger partial charge in [-0.1, -0.05) is 19.3 Å². The van der Waals surface area contributed by atoms with Gasteiger partial charge in [0.1, 0.15) is 0 Å². The average Bonchev–Trinajstić information content (AvgIpc) is 2.37. The molecule has 0 bridgehead atoms. The van der Waals surface area contributed by atoms with Crippen molar-refractivity contribution in [2.45, 2.75) is 38.1 Å². The van der Waals surface area contributed by atoms with Crippen LogP contribution in [0.4, 0.5) is 17.6 Å². The molecule has 2 N–H and O–H groups in total. The summed E-state index contributed by atoms with van der Waals surface area (Å²) in [5.41, 5.74) is 5.14. The molecule has 1 aliphatic rings. The van der Waals surface area contributed by atoms with Gasteiger partial charge < -0.3 is 5.73 Å². The second-order valence-electron chi connectivity index (χ2n) is 4.81. The first-order chi connectivity index (χ1) is 8.52. The summed E-state index contributed by atoms with van der Waals surface area (Å²) < 4.78 is 53.4. The Morgan fingerprint density at radius 2 is 1.42 bits per heavy atom. The number of halogens is 5. The van der Waals surface area contributed by atoms with Gasteiger partial charge in [-0.25, -0.2) is 17.6 Å². The van der Waals surface area contributed by atoms with Crippen molar-refractivity contribution in [2.75, 3.05) is 0 Å². The second kappa shape index (κ2) is 6.57. The highest BCUT2D eigenvalue weighted by Crippen LogP contribution is 2.35. The molecule has 2 rings (SSSR count). The Balaban J connectivity index is 0.00000180. The third-order valence-corrected chi connectivity index (χ3v) is 3.64. The van der Waals surface area contributed by atoms with Gasteiger partial charge in [-0.2, -0.15) is 0 Å². The molecule has 6 heteroatoms. The third kappa shape index (κ3) is 3.20. The van der Waals surface area contributed by atoms with Crippen LogP contribution >= 0.6 is 12.4 Å². The smallest absolute Gasteiger partial charge is 0.166 e. The van der Waals surface area contributed by atoms with Gasteiger partial charge in [-0.3, -0.25) is 0 Å². The van der Waals surface area contributed by atoms with E-state index in [1.165, 1.54) is 0 Å². The number of hydrogen-bond donors (Lipinski definition) is 1. The van der Waals surface area contributed by atoms with Crippen molar-refractivity contribution in [3.63, 3.8) is 0 Å². The molecule has 1 aromatic carbocycles. The van der Waals surface area contributed by atoms with E-state index in [2.05, 4.69) is 0 Å². The molecule has 0 saturated heterocycles. The lowest BCUT2D eigenvalue weighted by molar-refractivity contribution is 0.292. The SMILES string of the molecule is Cl.N[C@@H](c1c(F)c(F)cc(F)c1F)C1CCCCC1. The highest BCUT2D eigenvalue weighted by atomic mass is 35.5. The minimum absolute atomic E-state index is 0. The average molecular weight is 298 g/mol. The third-order valence-electron chi connectivity index (χ3n) is 3.64. The Bertz CT molecular complexity index is 421. The first kappa shape index (κ1) is 16.2. The predicted octanol–water partition coefficient (Wildman–Crippen LogP) is 4.24. The molecule has 0 unspecified atom stereocenters. The van der Waals surface area contributed by atoms with E-state index >= 15 is 0 Å². The Labute approximate surface area is 115 Å². The maximum Gasteiger partial charge on any atom is 0.166 e. The van der Waals surface area contributed by atoms with Gasteiger partial charge in [0, 0.05) is 17.7 Å². The summed E-state index contributed by atoms with van der Waals surface area (Å²) in [6, 6.07) is -0.780. The fourth-order valence-corrected chi connectivity index (χ4v) is 2.61. The number of hydrogen-bond acceptors (Lipinski definition) is 1. The Morgan fingerprint density at radius 1 is 0.947 bits per heavy atom. The molecule has 0 aliphatic heterocycles. The molecule has 19 heavy (non-hydrogen) atoms. The molecular formula is C13H16ClF4N. The molecule has 0 heterocycles. The normalized spacial score (nSPS) is 17.9. The molecule has 108 valence electrons. The summed E-state index contributed by atoms with van der Waals surface area (Å²) in [6.45, 7) is 0. The van der Waals surface area contributed by atoms with Gasteiger partial charge in [-0.05, 0) is 18.8 Å². The van der Waals surface area contributed by atoms with Gasteiger partial charge >= 0.3 is 0 Å². The van der Waals surface area contributed by atoms with Crippen LogP contribution in [0.25, 0.3) is 0 Å². The molecule has 1 atom stereocenters. The molecule has 1 aliphatic carbocycles. The van der Waals surface area contributed by atoms with E-state index in [4.69, 9.17) is 5.73 Å². The molecule has 0 spiro atoms. The maximum absolute atomic E-state index is 13.6. The monoisotopic (exact) mass is 297 g/mol. The van der Waals surface area contributed by atoms with Crippen molar-refractivity contribution in [1.29, 1.82) is 0 Å². The zero-order valence-corrected chi connectivity index (χ0v) is 11.1. The van der Waals surface area contributed by atoms with Crippen molar-refractivity contribution >= 4 is 12.4 Å².